The fraction of sp³-hybridized carbons (Fsp3) is 0.130. The van der Waals surface area contributed by atoms with Gasteiger partial charge in [0.25, 0.3) is 0 Å². The number of benzene rings is 2. The summed E-state index contributed by atoms with van der Waals surface area (Å²) in [6.45, 7) is 5.27. The van der Waals surface area contributed by atoms with E-state index in [1.165, 1.54) is 6.92 Å². The highest BCUT2D eigenvalue weighted by Gasteiger charge is 2.11. The van der Waals surface area contributed by atoms with Gasteiger partial charge in [-0.05, 0) is 43.2 Å². The van der Waals surface area contributed by atoms with Crippen molar-refractivity contribution < 1.29 is 4.79 Å². The molecule has 0 saturated carbocycles. The van der Waals surface area contributed by atoms with Gasteiger partial charge in [-0.3, -0.25) is 10.2 Å². The zero-order valence-corrected chi connectivity index (χ0v) is 17.7. The molecule has 2 heterocycles. The first kappa shape index (κ1) is 19.7. The smallest absolute Gasteiger partial charge is 0.221 e. The number of anilines is 2. The summed E-state index contributed by atoms with van der Waals surface area (Å²) in [6, 6.07) is 19.9. The third kappa shape index (κ3) is 4.36. The molecule has 0 aliphatic heterocycles. The van der Waals surface area contributed by atoms with Gasteiger partial charge in [-0.1, -0.05) is 42.5 Å². The Morgan fingerprint density at radius 3 is 2.57 bits per heavy atom. The number of amides is 1. The molecule has 0 aliphatic rings. The number of fused-ring (bicyclic) bond motifs is 1. The number of hydrogen-bond donors (Lipinski definition) is 2. The molecule has 150 valence electrons. The predicted molar refractivity (Wildman–Crippen MR) is 124 cm³/mol. The fourth-order valence-corrected chi connectivity index (χ4v) is 4.17. The van der Waals surface area contributed by atoms with Crippen molar-refractivity contribution in [1.29, 1.82) is 0 Å². The van der Waals surface area contributed by atoms with Crippen LogP contribution in [0.5, 0.6) is 0 Å². The van der Waals surface area contributed by atoms with Crippen molar-refractivity contribution in [2.24, 2.45) is 5.10 Å². The minimum atomic E-state index is -0.106. The lowest BCUT2D eigenvalue weighted by Gasteiger charge is -2.07. The number of nitrogens with one attached hydrogen (secondary N) is 2. The van der Waals surface area contributed by atoms with E-state index in [1.807, 2.05) is 56.3 Å². The van der Waals surface area contributed by atoms with Crippen LogP contribution in [-0.4, -0.2) is 21.6 Å². The summed E-state index contributed by atoms with van der Waals surface area (Å²) >= 11 is 1.64. The number of hydrazone groups is 1. The molecule has 2 N–H and O–H groups in total. The van der Waals surface area contributed by atoms with Crippen LogP contribution in [-0.2, 0) is 4.79 Å². The van der Waals surface area contributed by atoms with E-state index in [9.17, 15) is 4.79 Å². The fourth-order valence-electron chi connectivity index (χ4n) is 3.08. The van der Waals surface area contributed by atoms with Gasteiger partial charge >= 0.3 is 0 Å². The number of aromatic nitrogens is 2. The Morgan fingerprint density at radius 2 is 1.80 bits per heavy atom. The summed E-state index contributed by atoms with van der Waals surface area (Å²) in [7, 11) is 0. The maximum absolute atomic E-state index is 11.3. The molecule has 30 heavy (non-hydrogen) atoms. The van der Waals surface area contributed by atoms with Crippen molar-refractivity contribution in [1.82, 2.24) is 9.97 Å². The second-order valence-electron chi connectivity index (χ2n) is 6.89. The van der Waals surface area contributed by atoms with Crippen LogP contribution in [0.25, 0.3) is 20.7 Å². The minimum absolute atomic E-state index is 0.106. The van der Waals surface area contributed by atoms with Crippen LogP contribution < -0.4 is 10.7 Å². The minimum Gasteiger partial charge on any atom is -0.326 e. The van der Waals surface area contributed by atoms with Gasteiger partial charge in [0.05, 0.1) is 11.1 Å². The highest BCUT2D eigenvalue weighted by atomic mass is 32.1. The van der Waals surface area contributed by atoms with E-state index >= 15 is 0 Å². The van der Waals surface area contributed by atoms with Gasteiger partial charge < -0.3 is 5.32 Å². The maximum Gasteiger partial charge on any atom is 0.221 e. The Labute approximate surface area is 178 Å². The van der Waals surface area contributed by atoms with E-state index in [2.05, 4.69) is 44.0 Å². The van der Waals surface area contributed by atoms with E-state index in [1.54, 1.807) is 11.3 Å². The Morgan fingerprint density at radius 1 is 1.00 bits per heavy atom. The van der Waals surface area contributed by atoms with Gasteiger partial charge in [-0.25, -0.2) is 9.97 Å². The van der Waals surface area contributed by atoms with Crippen LogP contribution in [0.1, 0.15) is 25.2 Å². The van der Waals surface area contributed by atoms with Crippen LogP contribution in [0, 0.1) is 6.92 Å². The number of thiophene rings is 1. The average Bonchev–Trinajstić information content (AvgIpc) is 3.16. The summed E-state index contributed by atoms with van der Waals surface area (Å²) in [5.74, 6) is 1.26. The van der Waals surface area contributed by atoms with Gasteiger partial charge in [-0.2, -0.15) is 5.10 Å². The molecule has 0 aliphatic carbocycles. The molecule has 2 aromatic carbocycles. The van der Waals surface area contributed by atoms with Crippen molar-refractivity contribution in [3.05, 3.63) is 72.1 Å². The van der Waals surface area contributed by atoms with Crippen molar-refractivity contribution >= 4 is 44.7 Å². The summed E-state index contributed by atoms with van der Waals surface area (Å²) in [5.41, 5.74) is 6.69. The Balaban J connectivity index is 1.65. The van der Waals surface area contributed by atoms with Gasteiger partial charge in [0.2, 0.25) is 5.91 Å². The highest BCUT2D eigenvalue weighted by molar-refractivity contribution is 7.21. The molecular formula is C23H21N5OS. The van der Waals surface area contributed by atoms with E-state index in [0.717, 1.165) is 37.6 Å². The predicted octanol–water partition coefficient (Wildman–Crippen LogP) is 5.46. The van der Waals surface area contributed by atoms with Gasteiger partial charge in [0, 0.05) is 17.5 Å². The summed E-state index contributed by atoms with van der Waals surface area (Å²) in [6.07, 6.45) is 0. The molecule has 0 radical (unpaired) electrons. The molecule has 4 aromatic rings. The number of carbonyl (C=O) groups is 1. The van der Waals surface area contributed by atoms with Crippen LogP contribution >= 0.6 is 11.3 Å². The number of rotatable bonds is 5. The topological polar surface area (TPSA) is 79.3 Å². The highest BCUT2D eigenvalue weighted by Crippen LogP contribution is 2.35. The SMILES string of the molecule is CC(=O)Nc1cccc(C(C)=NNc2nc(C)nc3sc(-c4ccccc4)cc23)c1. The third-order valence-corrected chi connectivity index (χ3v) is 5.57. The number of nitrogens with zero attached hydrogens (tertiary/aromatic N) is 3. The molecule has 4 rings (SSSR count). The average molecular weight is 416 g/mol. The summed E-state index contributed by atoms with van der Waals surface area (Å²) in [4.78, 5) is 22.5. The monoisotopic (exact) mass is 415 g/mol. The van der Waals surface area contributed by atoms with Crippen LogP contribution in [0.4, 0.5) is 11.5 Å². The number of aryl methyl sites for hydroxylation is 1. The molecule has 7 heteroatoms. The zero-order valence-electron chi connectivity index (χ0n) is 16.9. The van der Waals surface area contributed by atoms with Crippen molar-refractivity contribution in [3.8, 4) is 10.4 Å². The molecule has 0 fully saturated rings. The first-order valence-corrected chi connectivity index (χ1v) is 10.3. The molecule has 0 saturated heterocycles. The maximum atomic E-state index is 11.3. The molecule has 0 bridgehead atoms. The third-order valence-electron chi connectivity index (χ3n) is 4.49. The van der Waals surface area contributed by atoms with Crippen molar-refractivity contribution in [3.63, 3.8) is 0 Å². The number of carbonyl (C=O) groups excluding carboxylic acids is 1. The standard InChI is InChI=1S/C23H21N5OS/c1-14(18-10-7-11-19(12-18)26-16(3)29)27-28-22-20-13-21(17-8-5-4-6-9-17)30-23(20)25-15(2)24-22/h4-13H,1-3H3,(H,26,29)(H,24,25,28). The first-order valence-electron chi connectivity index (χ1n) is 9.51. The van der Waals surface area contributed by atoms with E-state index < -0.39 is 0 Å². The van der Waals surface area contributed by atoms with Crippen molar-refractivity contribution in [2.75, 3.05) is 10.7 Å². The second-order valence-corrected chi connectivity index (χ2v) is 7.92. The van der Waals surface area contributed by atoms with E-state index in [0.29, 0.717) is 11.6 Å². The Kier molecular flexibility index (Phi) is 5.54. The molecule has 0 spiro atoms. The summed E-state index contributed by atoms with van der Waals surface area (Å²) in [5, 5.41) is 8.25. The lowest BCUT2D eigenvalue weighted by Crippen LogP contribution is -2.07. The lowest BCUT2D eigenvalue weighted by atomic mass is 10.1. The zero-order chi connectivity index (χ0) is 21.1. The first-order chi connectivity index (χ1) is 14.5. The normalized spacial score (nSPS) is 11.5. The Hall–Kier alpha value is -3.58. The molecule has 2 aromatic heterocycles. The van der Waals surface area contributed by atoms with Gasteiger partial charge in [0.1, 0.15) is 10.7 Å². The van der Waals surface area contributed by atoms with E-state index in [-0.39, 0.29) is 5.91 Å². The second kappa shape index (κ2) is 8.42. The molecule has 0 atom stereocenters. The van der Waals surface area contributed by atoms with E-state index in [4.69, 9.17) is 0 Å². The lowest BCUT2D eigenvalue weighted by molar-refractivity contribution is -0.114. The largest absolute Gasteiger partial charge is 0.326 e. The molecular weight excluding hydrogens is 394 g/mol. The molecule has 1 amide bonds. The quantitative estimate of drug-likeness (QED) is 0.335. The number of hydrogen-bond acceptors (Lipinski definition) is 6. The van der Waals surface area contributed by atoms with Crippen LogP contribution in [0.15, 0.2) is 65.8 Å². The van der Waals surface area contributed by atoms with Crippen LogP contribution in [0.2, 0.25) is 0 Å². The van der Waals surface area contributed by atoms with Gasteiger partial charge in [0.15, 0.2) is 5.82 Å². The summed E-state index contributed by atoms with van der Waals surface area (Å²) < 4.78 is 0. The molecule has 6 nitrogen and oxygen atoms in total. The van der Waals surface area contributed by atoms with Crippen molar-refractivity contribution in [2.45, 2.75) is 20.8 Å². The van der Waals surface area contributed by atoms with Crippen LogP contribution in [0.3, 0.4) is 0 Å². The van der Waals surface area contributed by atoms with Gasteiger partial charge in [-0.15, -0.1) is 11.3 Å². The molecule has 0 unspecified atom stereocenters. The Bertz CT molecular complexity index is 1250.